The maximum absolute atomic E-state index is 13.4. The number of nitro groups is 1. The number of aliphatic imine (C=N–C) groups is 1. The number of hydrogen-bond donors (Lipinski definition) is 0. The zero-order chi connectivity index (χ0) is 28.6. The van der Waals surface area contributed by atoms with Crippen molar-refractivity contribution in [1.29, 1.82) is 0 Å². The van der Waals surface area contributed by atoms with Gasteiger partial charge in [0.25, 0.3) is 5.69 Å². The molecule has 1 heterocycles. The van der Waals surface area contributed by atoms with E-state index in [-0.39, 0.29) is 35.8 Å². The molecule has 0 bridgehead atoms. The molecule has 1 aliphatic heterocycles. The molecule has 0 radical (unpaired) electrons. The predicted octanol–water partition coefficient (Wildman–Crippen LogP) is 6.69. The van der Waals surface area contributed by atoms with E-state index >= 15 is 0 Å². The fourth-order valence-electron chi connectivity index (χ4n) is 4.47. The molecule has 0 saturated carbocycles. The third-order valence-corrected chi connectivity index (χ3v) is 6.90. The summed E-state index contributed by atoms with van der Waals surface area (Å²) in [5.41, 5.74) is 2.48. The van der Waals surface area contributed by atoms with Crippen molar-refractivity contribution in [3.8, 4) is 11.5 Å². The highest BCUT2D eigenvalue weighted by atomic mass is 32.2. The highest BCUT2D eigenvalue weighted by Gasteiger charge is 2.38. The molecule has 0 N–H and O–H groups in total. The fraction of sp³-hybridized carbons (Fsp3) is 0.267. The van der Waals surface area contributed by atoms with Gasteiger partial charge >= 0.3 is 5.97 Å². The van der Waals surface area contributed by atoms with Gasteiger partial charge in [-0.1, -0.05) is 60.3 Å². The van der Waals surface area contributed by atoms with Gasteiger partial charge in [-0.25, -0.2) is 9.79 Å². The zero-order valence-corrected chi connectivity index (χ0v) is 23.6. The molecule has 0 fully saturated rings. The molecule has 1 atom stereocenters. The van der Waals surface area contributed by atoms with Crippen molar-refractivity contribution in [3.05, 3.63) is 105 Å². The summed E-state index contributed by atoms with van der Waals surface area (Å²) in [6.07, 6.45) is 1.87. The van der Waals surface area contributed by atoms with Crippen molar-refractivity contribution < 1.29 is 23.9 Å². The number of allylic oxidation sites excluding steroid dienone is 1. The number of para-hydroxylation sites is 1. The van der Waals surface area contributed by atoms with Crippen molar-refractivity contribution in [2.24, 2.45) is 4.99 Å². The summed E-state index contributed by atoms with van der Waals surface area (Å²) in [5, 5.41) is 13.0. The number of anilines is 1. The molecule has 10 heteroatoms. The Hall–Kier alpha value is -4.31. The van der Waals surface area contributed by atoms with Gasteiger partial charge in [-0.05, 0) is 50.8 Å². The van der Waals surface area contributed by atoms with E-state index in [0.29, 0.717) is 23.2 Å². The minimum Gasteiger partial charge on any atom is -0.490 e. The van der Waals surface area contributed by atoms with Gasteiger partial charge in [-0.15, -0.1) is 0 Å². The molecule has 0 saturated heterocycles. The molecule has 0 amide bonds. The van der Waals surface area contributed by atoms with Crippen LogP contribution in [0.25, 0.3) is 0 Å². The molecule has 3 aromatic carbocycles. The lowest BCUT2D eigenvalue weighted by atomic mass is 9.94. The number of carbonyl (C=O) groups excluding carboxylic acids is 1. The number of carbonyl (C=O) groups is 1. The van der Waals surface area contributed by atoms with Crippen LogP contribution in [0.1, 0.15) is 37.9 Å². The number of esters is 1. The lowest BCUT2D eigenvalue weighted by Crippen LogP contribution is -2.35. The highest BCUT2D eigenvalue weighted by Crippen LogP contribution is 2.45. The van der Waals surface area contributed by atoms with Gasteiger partial charge in [0.15, 0.2) is 16.7 Å². The van der Waals surface area contributed by atoms with Gasteiger partial charge in [0, 0.05) is 11.4 Å². The molecule has 0 aliphatic carbocycles. The molecule has 3 aromatic rings. The van der Waals surface area contributed by atoms with Crippen LogP contribution >= 0.6 is 11.8 Å². The minimum atomic E-state index is -0.996. The molecule has 0 unspecified atom stereocenters. The van der Waals surface area contributed by atoms with Crippen molar-refractivity contribution in [2.45, 2.75) is 33.4 Å². The van der Waals surface area contributed by atoms with E-state index < -0.39 is 16.9 Å². The first kappa shape index (κ1) is 28.7. The van der Waals surface area contributed by atoms with Gasteiger partial charge < -0.3 is 14.2 Å². The summed E-state index contributed by atoms with van der Waals surface area (Å²) in [6.45, 7) is 5.98. The Morgan fingerprint density at radius 2 is 1.65 bits per heavy atom. The SMILES string of the molecule is CCOC(=O)C1=C(C)N(c2ccccc2)C(SC)=N[C@H]1c1cc(OCC)c(OCc2ccccc2)cc1[N+](=O)[O-]. The summed E-state index contributed by atoms with van der Waals surface area (Å²) in [4.78, 5) is 32.0. The van der Waals surface area contributed by atoms with Crippen molar-refractivity contribution in [1.82, 2.24) is 0 Å². The lowest BCUT2D eigenvalue weighted by molar-refractivity contribution is -0.385. The number of nitro benzene ring substituents is 1. The van der Waals surface area contributed by atoms with E-state index in [9.17, 15) is 14.9 Å². The number of rotatable bonds is 10. The summed E-state index contributed by atoms with van der Waals surface area (Å²) < 4.78 is 17.3. The second kappa shape index (κ2) is 13.2. The quantitative estimate of drug-likeness (QED) is 0.153. The van der Waals surface area contributed by atoms with Crippen molar-refractivity contribution in [2.75, 3.05) is 24.4 Å². The van der Waals surface area contributed by atoms with Crippen LogP contribution in [-0.2, 0) is 16.1 Å². The number of ether oxygens (including phenoxy) is 3. The van der Waals surface area contributed by atoms with Gasteiger partial charge in [-0.3, -0.25) is 15.0 Å². The Balaban J connectivity index is 1.87. The Morgan fingerprint density at radius 1 is 1.00 bits per heavy atom. The number of amidine groups is 1. The van der Waals surface area contributed by atoms with Crippen LogP contribution in [-0.4, -0.2) is 35.5 Å². The Kier molecular flexibility index (Phi) is 9.44. The molecule has 40 heavy (non-hydrogen) atoms. The van der Waals surface area contributed by atoms with Gasteiger partial charge in [0.2, 0.25) is 0 Å². The second-order valence-electron chi connectivity index (χ2n) is 8.73. The van der Waals surface area contributed by atoms with E-state index in [1.165, 1.54) is 17.8 Å². The summed E-state index contributed by atoms with van der Waals surface area (Å²) in [6, 6.07) is 20.9. The molecule has 0 aromatic heterocycles. The van der Waals surface area contributed by atoms with Crippen LogP contribution in [0.4, 0.5) is 11.4 Å². The van der Waals surface area contributed by atoms with Crippen LogP contribution in [0.15, 0.2) is 89.1 Å². The number of nitrogens with zero attached hydrogens (tertiary/aromatic N) is 3. The molecule has 1 aliphatic rings. The molecule has 0 spiro atoms. The first-order chi connectivity index (χ1) is 19.4. The maximum Gasteiger partial charge on any atom is 0.338 e. The molecular formula is C30H31N3O6S. The van der Waals surface area contributed by atoms with E-state index in [2.05, 4.69) is 0 Å². The van der Waals surface area contributed by atoms with Gasteiger partial charge in [0.05, 0.1) is 35.3 Å². The summed E-state index contributed by atoms with van der Waals surface area (Å²) >= 11 is 1.38. The summed E-state index contributed by atoms with van der Waals surface area (Å²) in [5.74, 6) is -0.0342. The normalized spacial score (nSPS) is 14.9. The minimum absolute atomic E-state index is 0.144. The standard InChI is InChI=1S/C30H31N3O6S/c1-5-37-25-17-23(24(33(35)36)18-26(25)39-19-21-13-9-7-10-14-21)28-27(29(34)38-6-2)20(3)32(30(31-28)40-4)22-15-11-8-12-16-22/h7-18,28H,5-6,19H2,1-4H3/t28-/m0/s1. The average Bonchev–Trinajstić information content (AvgIpc) is 2.96. The predicted molar refractivity (Wildman–Crippen MR) is 157 cm³/mol. The summed E-state index contributed by atoms with van der Waals surface area (Å²) in [7, 11) is 0. The smallest absolute Gasteiger partial charge is 0.338 e. The van der Waals surface area contributed by atoms with E-state index in [4.69, 9.17) is 19.2 Å². The average molecular weight is 562 g/mol. The largest absolute Gasteiger partial charge is 0.490 e. The van der Waals surface area contributed by atoms with Crippen LogP contribution in [0.2, 0.25) is 0 Å². The van der Waals surface area contributed by atoms with Gasteiger partial charge in [-0.2, -0.15) is 0 Å². The number of thioether (sulfide) groups is 1. The van der Waals surface area contributed by atoms with Crippen LogP contribution in [0.5, 0.6) is 11.5 Å². The van der Waals surface area contributed by atoms with Crippen LogP contribution in [0.3, 0.4) is 0 Å². The number of benzene rings is 3. The van der Waals surface area contributed by atoms with Gasteiger partial charge in [0.1, 0.15) is 12.6 Å². The zero-order valence-electron chi connectivity index (χ0n) is 22.8. The molecule has 9 nitrogen and oxygen atoms in total. The van der Waals surface area contributed by atoms with Crippen molar-refractivity contribution >= 4 is 34.3 Å². The lowest BCUT2D eigenvalue weighted by Gasteiger charge is -2.34. The number of hydrogen-bond acceptors (Lipinski definition) is 9. The maximum atomic E-state index is 13.4. The van der Waals surface area contributed by atoms with Crippen LogP contribution < -0.4 is 14.4 Å². The topological polar surface area (TPSA) is 104 Å². The van der Waals surface area contributed by atoms with Crippen LogP contribution in [0, 0.1) is 10.1 Å². The van der Waals surface area contributed by atoms with E-state index in [1.54, 1.807) is 19.9 Å². The van der Waals surface area contributed by atoms with E-state index in [0.717, 1.165) is 11.3 Å². The Labute approximate surface area is 237 Å². The fourth-order valence-corrected chi connectivity index (χ4v) is 5.11. The molecule has 4 rings (SSSR count). The first-order valence-corrected chi connectivity index (χ1v) is 14.1. The molecular weight excluding hydrogens is 530 g/mol. The third-order valence-electron chi connectivity index (χ3n) is 6.24. The highest BCUT2D eigenvalue weighted by molar-refractivity contribution is 8.13. The first-order valence-electron chi connectivity index (χ1n) is 12.9. The third kappa shape index (κ3) is 6.12. The monoisotopic (exact) mass is 561 g/mol. The van der Waals surface area contributed by atoms with E-state index in [1.807, 2.05) is 78.7 Å². The van der Waals surface area contributed by atoms with Crippen molar-refractivity contribution in [3.63, 3.8) is 0 Å². The Morgan fingerprint density at radius 3 is 2.25 bits per heavy atom. The molecule has 208 valence electrons. The Bertz CT molecular complexity index is 1430. The second-order valence-corrected chi connectivity index (χ2v) is 9.50.